The number of anilines is 1. The van der Waals surface area contributed by atoms with Gasteiger partial charge in [0.25, 0.3) is 11.8 Å². The molecule has 0 saturated heterocycles. The number of nitrogens with one attached hydrogen (secondary N) is 1. The van der Waals surface area contributed by atoms with Crippen molar-refractivity contribution in [1.29, 1.82) is 0 Å². The first-order valence-electron chi connectivity index (χ1n) is 8.30. The SMILES string of the molecule is CCN(CC)C(=O)c1ccc(NC(=O)c2ccc(OC(F)(F)F)cc2)cc1. The first-order chi connectivity index (χ1) is 12.7. The van der Waals surface area contributed by atoms with Crippen LogP contribution in [0.15, 0.2) is 48.5 Å². The Bertz CT molecular complexity index is 783. The van der Waals surface area contributed by atoms with Gasteiger partial charge in [-0.1, -0.05) is 0 Å². The number of rotatable bonds is 6. The van der Waals surface area contributed by atoms with E-state index in [2.05, 4.69) is 10.1 Å². The molecule has 27 heavy (non-hydrogen) atoms. The summed E-state index contributed by atoms with van der Waals surface area (Å²) in [4.78, 5) is 26.1. The van der Waals surface area contributed by atoms with Crippen LogP contribution in [0.25, 0.3) is 0 Å². The number of hydrogen-bond donors (Lipinski definition) is 1. The number of hydrogen-bond acceptors (Lipinski definition) is 3. The Hall–Kier alpha value is -3.03. The average molecular weight is 380 g/mol. The molecule has 2 aromatic rings. The molecule has 0 radical (unpaired) electrons. The summed E-state index contributed by atoms with van der Waals surface area (Å²) in [6.07, 6.45) is -4.78. The average Bonchev–Trinajstić information content (AvgIpc) is 2.62. The van der Waals surface area contributed by atoms with Crippen LogP contribution >= 0.6 is 0 Å². The monoisotopic (exact) mass is 380 g/mol. The normalized spacial score (nSPS) is 11.0. The zero-order chi connectivity index (χ0) is 20.0. The highest BCUT2D eigenvalue weighted by atomic mass is 19.4. The summed E-state index contributed by atoms with van der Waals surface area (Å²) in [6, 6.07) is 11.0. The molecule has 144 valence electrons. The molecule has 0 aliphatic heterocycles. The van der Waals surface area contributed by atoms with Gasteiger partial charge in [-0.05, 0) is 62.4 Å². The summed E-state index contributed by atoms with van der Waals surface area (Å²) >= 11 is 0. The quantitative estimate of drug-likeness (QED) is 0.812. The van der Waals surface area contributed by atoms with E-state index in [1.54, 1.807) is 29.2 Å². The minimum absolute atomic E-state index is 0.0990. The number of alkyl halides is 3. The molecule has 2 aromatic carbocycles. The van der Waals surface area contributed by atoms with E-state index >= 15 is 0 Å². The fourth-order valence-electron chi connectivity index (χ4n) is 2.40. The summed E-state index contributed by atoms with van der Waals surface area (Å²) in [5.41, 5.74) is 1.14. The third kappa shape index (κ3) is 5.73. The van der Waals surface area contributed by atoms with Gasteiger partial charge in [0.1, 0.15) is 5.75 Å². The van der Waals surface area contributed by atoms with Gasteiger partial charge in [-0.2, -0.15) is 0 Å². The van der Waals surface area contributed by atoms with Crippen LogP contribution in [0.4, 0.5) is 18.9 Å². The Morgan fingerprint density at radius 2 is 1.44 bits per heavy atom. The lowest BCUT2D eigenvalue weighted by Crippen LogP contribution is -2.30. The van der Waals surface area contributed by atoms with Crippen molar-refractivity contribution in [2.75, 3.05) is 18.4 Å². The summed E-state index contributed by atoms with van der Waals surface area (Å²) in [5.74, 6) is -0.993. The second-order valence-corrected chi connectivity index (χ2v) is 5.58. The van der Waals surface area contributed by atoms with Crippen molar-refractivity contribution in [2.24, 2.45) is 0 Å². The molecule has 0 aliphatic rings. The number of benzene rings is 2. The van der Waals surface area contributed by atoms with Crippen LogP contribution in [0.3, 0.4) is 0 Å². The first kappa shape index (κ1) is 20.3. The maximum absolute atomic E-state index is 12.2. The van der Waals surface area contributed by atoms with Crippen molar-refractivity contribution in [1.82, 2.24) is 4.90 Å². The van der Waals surface area contributed by atoms with E-state index < -0.39 is 18.0 Å². The minimum Gasteiger partial charge on any atom is -0.406 e. The number of halogens is 3. The predicted octanol–water partition coefficient (Wildman–Crippen LogP) is 4.32. The topological polar surface area (TPSA) is 58.6 Å². The van der Waals surface area contributed by atoms with Crippen LogP contribution in [-0.2, 0) is 0 Å². The van der Waals surface area contributed by atoms with E-state index in [4.69, 9.17) is 0 Å². The predicted molar refractivity (Wildman–Crippen MR) is 94.8 cm³/mol. The van der Waals surface area contributed by atoms with Gasteiger partial charge in [-0.25, -0.2) is 0 Å². The molecule has 0 bridgehead atoms. The van der Waals surface area contributed by atoms with Crippen molar-refractivity contribution in [2.45, 2.75) is 20.2 Å². The lowest BCUT2D eigenvalue weighted by Gasteiger charge is -2.18. The zero-order valence-corrected chi connectivity index (χ0v) is 14.8. The van der Waals surface area contributed by atoms with E-state index in [1.807, 2.05) is 13.8 Å². The van der Waals surface area contributed by atoms with Gasteiger partial charge < -0.3 is 15.0 Å². The number of carbonyl (C=O) groups is 2. The molecule has 0 saturated carbocycles. The van der Waals surface area contributed by atoms with Crippen molar-refractivity contribution in [3.05, 3.63) is 59.7 Å². The second-order valence-electron chi connectivity index (χ2n) is 5.58. The van der Waals surface area contributed by atoms with E-state index in [9.17, 15) is 22.8 Å². The van der Waals surface area contributed by atoms with Crippen molar-refractivity contribution in [3.8, 4) is 5.75 Å². The molecule has 0 unspecified atom stereocenters. The largest absolute Gasteiger partial charge is 0.573 e. The lowest BCUT2D eigenvalue weighted by atomic mass is 10.1. The third-order valence-electron chi connectivity index (χ3n) is 3.79. The molecule has 0 spiro atoms. The van der Waals surface area contributed by atoms with Gasteiger partial charge in [-0.3, -0.25) is 9.59 Å². The fourth-order valence-corrected chi connectivity index (χ4v) is 2.40. The minimum atomic E-state index is -4.78. The smallest absolute Gasteiger partial charge is 0.406 e. The number of nitrogens with zero attached hydrogens (tertiary/aromatic N) is 1. The molecule has 5 nitrogen and oxygen atoms in total. The summed E-state index contributed by atoms with van der Waals surface area (Å²) in [5, 5.41) is 2.62. The molecule has 0 aromatic heterocycles. The molecule has 1 N–H and O–H groups in total. The highest BCUT2D eigenvalue weighted by Gasteiger charge is 2.31. The Kier molecular flexibility index (Phi) is 6.44. The molecule has 0 atom stereocenters. The van der Waals surface area contributed by atoms with Gasteiger partial charge in [0, 0.05) is 29.9 Å². The Balaban J connectivity index is 2.02. The van der Waals surface area contributed by atoms with E-state index in [0.29, 0.717) is 24.3 Å². The number of carbonyl (C=O) groups excluding carboxylic acids is 2. The Morgan fingerprint density at radius 1 is 0.926 bits per heavy atom. The lowest BCUT2D eigenvalue weighted by molar-refractivity contribution is -0.274. The van der Waals surface area contributed by atoms with Gasteiger partial charge in [0.2, 0.25) is 0 Å². The molecule has 0 fully saturated rings. The molecule has 8 heteroatoms. The third-order valence-corrected chi connectivity index (χ3v) is 3.79. The standard InChI is InChI=1S/C19H19F3N2O3/c1-3-24(4-2)18(26)14-5-9-15(10-6-14)23-17(25)13-7-11-16(12-8-13)27-19(20,21)22/h5-12H,3-4H2,1-2H3,(H,23,25). The van der Waals surface area contributed by atoms with Crippen LogP contribution in [-0.4, -0.2) is 36.2 Å². The summed E-state index contributed by atoms with van der Waals surface area (Å²) in [6.45, 7) is 4.98. The molecular formula is C19H19F3N2O3. The summed E-state index contributed by atoms with van der Waals surface area (Å²) in [7, 11) is 0. The van der Waals surface area contributed by atoms with Gasteiger partial charge in [0.05, 0.1) is 0 Å². The highest BCUT2D eigenvalue weighted by Crippen LogP contribution is 2.23. The van der Waals surface area contributed by atoms with Gasteiger partial charge in [0.15, 0.2) is 0 Å². The van der Waals surface area contributed by atoms with Crippen molar-refractivity contribution in [3.63, 3.8) is 0 Å². The van der Waals surface area contributed by atoms with Crippen molar-refractivity contribution >= 4 is 17.5 Å². The van der Waals surface area contributed by atoms with Crippen LogP contribution in [0.1, 0.15) is 34.6 Å². The summed E-state index contributed by atoms with van der Waals surface area (Å²) < 4.78 is 40.2. The molecule has 0 heterocycles. The van der Waals surface area contributed by atoms with Crippen molar-refractivity contribution < 1.29 is 27.5 Å². The van der Waals surface area contributed by atoms with Crippen LogP contribution in [0, 0.1) is 0 Å². The number of amides is 2. The Labute approximate surface area is 154 Å². The van der Waals surface area contributed by atoms with E-state index in [-0.39, 0.29) is 11.5 Å². The molecule has 0 aliphatic carbocycles. The van der Waals surface area contributed by atoms with Gasteiger partial charge in [-0.15, -0.1) is 13.2 Å². The number of ether oxygens (including phenoxy) is 1. The van der Waals surface area contributed by atoms with E-state index in [0.717, 1.165) is 12.1 Å². The molecule has 2 rings (SSSR count). The maximum atomic E-state index is 12.2. The second kappa shape index (κ2) is 8.57. The van der Waals surface area contributed by atoms with Gasteiger partial charge >= 0.3 is 6.36 Å². The van der Waals surface area contributed by atoms with E-state index in [1.165, 1.54) is 12.1 Å². The molecule has 2 amide bonds. The maximum Gasteiger partial charge on any atom is 0.573 e. The highest BCUT2D eigenvalue weighted by molar-refractivity contribution is 6.04. The van der Waals surface area contributed by atoms with Crippen LogP contribution < -0.4 is 10.1 Å². The zero-order valence-electron chi connectivity index (χ0n) is 14.8. The first-order valence-corrected chi connectivity index (χ1v) is 8.30. The molecular weight excluding hydrogens is 361 g/mol. The van der Waals surface area contributed by atoms with Crippen LogP contribution in [0.2, 0.25) is 0 Å². The van der Waals surface area contributed by atoms with Crippen LogP contribution in [0.5, 0.6) is 5.75 Å². The fraction of sp³-hybridized carbons (Fsp3) is 0.263. The Morgan fingerprint density at radius 3 is 1.93 bits per heavy atom.